The van der Waals surface area contributed by atoms with Crippen molar-refractivity contribution in [3.63, 3.8) is 0 Å². The van der Waals surface area contributed by atoms with Gasteiger partial charge in [-0.25, -0.2) is 0 Å². The second-order valence-corrected chi connectivity index (χ2v) is 18.1. The molecule has 4 heteroatoms. The number of fused-ring (bicyclic) bond motifs is 12. The molecule has 4 aromatic rings. The Hall–Kier alpha value is -4.28. The molecule has 5 aliphatic rings. The molecule has 1 spiro atoms. The van der Waals surface area contributed by atoms with E-state index in [1.54, 1.807) is 14.2 Å². The van der Waals surface area contributed by atoms with Gasteiger partial charge in [-0.15, -0.1) is 0 Å². The van der Waals surface area contributed by atoms with Gasteiger partial charge in [0.1, 0.15) is 17.2 Å². The number of rotatable bonds is 5. The highest BCUT2D eigenvalue weighted by atomic mass is 16.5. The van der Waals surface area contributed by atoms with E-state index in [0.29, 0.717) is 0 Å². The Balaban J connectivity index is 1.41. The molecule has 0 aromatic heterocycles. The number of hydrogen-bond acceptors (Lipinski definition) is 4. The van der Waals surface area contributed by atoms with Crippen molar-refractivity contribution in [2.24, 2.45) is 16.7 Å². The van der Waals surface area contributed by atoms with E-state index in [1.807, 2.05) is 7.11 Å². The third kappa shape index (κ3) is 5.11. The van der Waals surface area contributed by atoms with Gasteiger partial charge in [0.25, 0.3) is 0 Å². The monoisotopic (exact) mass is 706 g/mol. The van der Waals surface area contributed by atoms with Crippen molar-refractivity contribution in [3.8, 4) is 28.4 Å². The highest BCUT2D eigenvalue weighted by Gasteiger charge is 2.56. The van der Waals surface area contributed by atoms with Crippen molar-refractivity contribution >= 4 is 16.8 Å². The lowest BCUT2D eigenvalue weighted by atomic mass is 9.52. The smallest absolute Gasteiger partial charge is 0.177 e. The highest BCUT2D eigenvalue weighted by molar-refractivity contribution is 6.11. The average Bonchev–Trinajstić information content (AvgIpc) is 3.40. The average molecular weight is 707 g/mol. The molecule has 53 heavy (non-hydrogen) atoms. The van der Waals surface area contributed by atoms with Crippen molar-refractivity contribution in [1.82, 2.24) is 0 Å². The molecule has 0 bridgehead atoms. The summed E-state index contributed by atoms with van der Waals surface area (Å²) in [6.07, 6.45) is 19.4. The van der Waals surface area contributed by atoms with E-state index >= 15 is 0 Å². The summed E-state index contributed by atoms with van der Waals surface area (Å²) < 4.78 is 25.6. The van der Waals surface area contributed by atoms with Gasteiger partial charge in [-0.1, -0.05) is 95.3 Å². The number of ether oxygens (including phenoxy) is 4. The molecule has 4 nitrogen and oxygen atoms in total. The second kappa shape index (κ2) is 12.1. The van der Waals surface area contributed by atoms with Crippen LogP contribution in [0.4, 0.5) is 0 Å². The fraction of sp³-hybridized carbons (Fsp3) is 0.429. The third-order valence-corrected chi connectivity index (χ3v) is 13.2. The summed E-state index contributed by atoms with van der Waals surface area (Å²) in [6.45, 7) is 12.2. The maximum atomic E-state index is 7.86. The Morgan fingerprint density at radius 2 is 1.51 bits per heavy atom. The van der Waals surface area contributed by atoms with Crippen molar-refractivity contribution in [3.05, 3.63) is 118 Å². The van der Waals surface area contributed by atoms with Crippen LogP contribution in [-0.4, -0.2) is 27.4 Å². The maximum Gasteiger partial charge on any atom is 0.177 e. The first kappa shape index (κ1) is 34.5. The van der Waals surface area contributed by atoms with E-state index in [-0.39, 0.29) is 28.3 Å². The largest absolute Gasteiger partial charge is 0.497 e. The highest BCUT2D eigenvalue weighted by Crippen LogP contribution is 2.67. The lowest BCUT2D eigenvalue weighted by Gasteiger charge is -2.52. The van der Waals surface area contributed by atoms with Crippen LogP contribution in [-0.2, 0) is 28.6 Å². The van der Waals surface area contributed by atoms with Crippen LogP contribution in [0.15, 0.2) is 84.5 Å². The number of methoxy groups -OCH3 is 3. The molecule has 0 amide bonds. The van der Waals surface area contributed by atoms with Crippen LogP contribution in [0.25, 0.3) is 28.0 Å². The van der Waals surface area contributed by atoms with Crippen molar-refractivity contribution < 1.29 is 18.9 Å². The minimum absolute atomic E-state index is 0.0165. The summed E-state index contributed by atoms with van der Waals surface area (Å²) in [5.41, 5.74) is 11.3. The number of aryl methyl sites for hydroxylation is 1. The Bertz CT molecular complexity index is 2220. The van der Waals surface area contributed by atoms with E-state index in [0.717, 1.165) is 59.5 Å². The van der Waals surface area contributed by atoms with Gasteiger partial charge in [-0.3, -0.25) is 0 Å². The summed E-state index contributed by atoms with van der Waals surface area (Å²) in [7, 11) is 5.35. The zero-order valence-corrected chi connectivity index (χ0v) is 32.8. The van der Waals surface area contributed by atoms with Crippen LogP contribution in [0.2, 0.25) is 0 Å². The fourth-order valence-corrected chi connectivity index (χ4v) is 11.9. The van der Waals surface area contributed by atoms with Crippen molar-refractivity contribution in [2.45, 2.75) is 96.7 Å². The zero-order valence-electron chi connectivity index (χ0n) is 32.8. The van der Waals surface area contributed by atoms with Gasteiger partial charge in [0.15, 0.2) is 5.60 Å². The topological polar surface area (TPSA) is 36.9 Å². The standard InChI is InChI=1S/C49H54O4/c1-30-25-32(19-22-40(30)51-7)49(31-17-20-33(50-6)21-18-31)24-23-37-44-43(42-35-14-10-9-13-34(35)41(52-8)26-38(42)45(37)53-49)36-15-11-12-16-39(36)48(44)28-46(2,3)27-47(4,5)29-48/h11-12,15-26,30,40H,9-10,13-14,27-29H2,1-8H3. The van der Waals surface area contributed by atoms with Crippen LogP contribution < -0.4 is 14.2 Å². The quantitative estimate of drug-likeness (QED) is 0.207. The summed E-state index contributed by atoms with van der Waals surface area (Å²) >= 11 is 0. The molecule has 0 radical (unpaired) electrons. The lowest BCUT2D eigenvalue weighted by molar-refractivity contribution is 0.0641. The molecule has 3 atom stereocenters. The minimum Gasteiger partial charge on any atom is -0.497 e. The molecule has 1 heterocycles. The molecule has 0 saturated heterocycles. The van der Waals surface area contributed by atoms with Gasteiger partial charge in [-0.05, 0) is 119 Å². The maximum absolute atomic E-state index is 7.86. The van der Waals surface area contributed by atoms with Crippen LogP contribution in [0.1, 0.15) is 100 Å². The van der Waals surface area contributed by atoms with Crippen molar-refractivity contribution in [1.29, 1.82) is 0 Å². The molecule has 4 aromatic carbocycles. The molecular formula is C49H54O4. The van der Waals surface area contributed by atoms with E-state index in [1.165, 1.54) is 63.6 Å². The molecule has 274 valence electrons. The molecular weight excluding hydrogens is 653 g/mol. The van der Waals surface area contributed by atoms with Crippen LogP contribution in [0.5, 0.6) is 17.2 Å². The summed E-state index contributed by atoms with van der Waals surface area (Å²) in [6, 6.07) is 20.1. The third-order valence-electron chi connectivity index (χ3n) is 13.2. The van der Waals surface area contributed by atoms with Crippen molar-refractivity contribution in [2.75, 3.05) is 21.3 Å². The molecule has 4 aliphatic carbocycles. The summed E-state index contributed by atoms with van der Waals surface area (Å²) in [4.78, 5) is 0. The lowest BCUT2D eigenvalue weighted by Crippen LogP contribution is -2.44. The first-order valence-electron chi connectivity index (χ1n) is 19.7. The Labute approximate surface area is 315 Å². The Morgan fingerprint density at radius 3 is 2.19 bits per heavy atom. The van der Waals surface area contributed by atoms with Gasteiger partial charge in [0.2, 0.25) is 0 Å². The molecule has 3 unspecified atom stereocenters. The number of hydrogen-bond donors (Lipinski definition) is 0. The predicted octanol–water partition coefficient (Wildman–Crippen LogP) is 11.7. The van der Waals surface area contributed by atoms with E-state index in [2.05, 4.69) is 120 Å². The molecule has 1 saturated carbocycles. The van der Waals surface area contributed by atoms with Gasteiger partial charge >= 0.3 is 0 Å². The molecule has 9 rings (SSSR count). The first-order chi connectivity index (χ1) is 25.4. The van der Waals surface area contributed by atoms with Crippen LogP contribution in [0, 0.1) is 16.7 Å². The van der Waals surface area contributed by atoms with Gasteiger partial charge in [0, 0.05) is 40.5 Å². The Morgan fingerprint density at radius 1 is 0.792 bits per heavy atom. The fourth-order valence-electron chi connectivity index (χ4n) is 11.9. The molecule has 0 N–H and O–H groups in total. The summed E-state index contributed by atoms with van der Waals surface area (Å²) in [5.74, 6) is 2.96. The van der Waals surface area contributed by atoms with Crippen LogP contribution in [0.3, 0.4) is 0 Å². The van der Waals surface area contributed by atoms with E-state index in [4.69, 9.17) is 18.9 Å². The molecule has 1 fully saturated rings. The first-order valence-corrected chi connectivity index (χ1v) is 19.7. The van der Waals surface area contributed by atoms with Crippen LogP contribution >= 0.6 is 0 Å². The normalized spacial score (nSPS) is 25.5. The van der Waals surface area contributed by atoms with Gasteiger partial charge in [0.05, 0.1) is 20.3 Å². The Kier molecular flexibility index (Phi) is 7.88. The molecule has 1 aliphatic heterocycles. The van der Waals surface area contributed by atoms with E-state index < -0.39 is 5.60 Å². The zero-order chi connectivity index (χ0) is 36.9. The minimum atomic E-state index is -0.864. The SMILES string of the molecule is COc1ccc(C2(C3=CC(C)C(OC)C=C3)C=Cc3c4c(c5c6c(c(OC)cc5c3O2)CCCC6)-c2ccccc2C42CC(C)(C)CC(C)(C)C2)cc1. The van der Waals surface area contributed by atoms with Gasteiger partial charge < -0.3 is 18.9 Å². The summed E-state index contributed by atoms with van der Waals surface area (Å²) in [5, 5.41) is 2.53. The second-order valence-electron chi connectivity index (χ2n) is 18.1. The van der Waals surface area contributed by atoms with E-state index in [9.17, 15) is 0 Å². The van der Waals surface area contributed by atoms with Gasteiger partial charge in [-0.2, -0.15) is 0 Å². The predicted molar refractivity (Wildman–Crippen MR) is 216 cm³/mol. The number of benzene rings is 4.